The first-order valence-corrected chi connectivity index (χ1v) is 7.29. The molecule has 0 fully saturated rings. The van der Waals surface area contributed by atoms with Gasteiger partial charge in [-0.3, -0.25) is 0 Å². The summed E-state index contributed by atoms with van der Waals surface area (Å²) in [6.45, 7) is 4.00. The average molecular weight is 354 g/mol. The smallest absolute Gasteiger partial charge is 0.341 e. The van der Waals surface area contributed by atoms with E-state index in [9.17, 15) is 9.90 Å². The van der Waals surface area contributed by atoms with Gasteiger partial charge in [0, 0.05) is 12.0 Å². The van der Waals surface area contributed by atoms with Crippen LogP contribution < -0.4 is 4.74 Å². The van der Waals surface area contributed by atoms with E-state index in [2.05, 4.69) is 21.1 Å². The Kier molecular flexibility index (Phi) is 4.67. The van der Waals surface area contributed by atoms with Gasteiger partial charge in [0.25, 0.3) is 0 Å². The van der Waals surface area contributed by atoms with Crippen LogP contribution in [0.1, 0.15) is 30.0 Å². The van der Waals surface area contributed by atoms with Crippen LogP contribution >= 0.6 is 15.9 Å². The number of methoxy groups -OCH3 is 1. The molecule has 0 amide bonds. The normalized spacial score (nSPS) is 10.9. The number of nitrogens with zero attached hydrogens (tertiary/aromatic N) is 1. The summed E-state index contributed by atoms with van der Waals surface area (Å²) in [4.78, 5) is 11.5. The molecule has 1 aromatic carbocycles. The lowest BCUT2D eigenvalue weighted by Gasteiger charge is -2.05. The summed E-state index contributed by atoms with van der Waals surface area (Å²) >= 11 is 3.38. The van der Waals surface area contributed by atoms with Gasteiger partial charge in [0.05, 0.1) is 11.6 Å². The first kappa shape index (κ1) is 15.6. The maximum Gasteiger partial charge on any atom is 0.341 e. The molecule has 1 aromatic heterocycles. The lowest BCUT2D eigenvalue weighted by Crippen LogP contribution is -2.04. The van der Waals surface area contributed by atoms with E-state index >= 15 is 0 Å². The monoisotopic (exact) mass is 353 g/mol. The van der Waals surface area contributed by atoms with Crippen molar-refractivity contribution in [2.75, 3.05) is 7.11 Å². The molecular weight excluding hydrogens is 338 g/mol. The summed E-state index contributed by atoms with van der Waals surface area (Å²) in [7, 11) is 1.57. The van der Waals surface area contributed by atoms with E-state index in [0.29, 0.717) is 29.2 Å². The molecule has 0 saturated carbocycles. The molecule has 0 radical (unpaired) electrons. The minimum absolute atomic E-state index is 0.126. The summed E-state index contributed by atoms with van der Waals surface area (Å²) < 4.78 is 11.1. The van der Waals surface area contributed by atoms with E-state index in [1.807, 2.05) is 13.8 Å². The van der Waals surface area contributed by atoms with Crippen LogP contribution in [0.25, 0.3) is 11.3 Å². The largest absolute Gasteiger partial charge is 0.496 e. The van der Waals surface area contributed by atoms with Gasteiger partial charge >= 0.3 is 5.97 Å². The van der Waals surface area contributed by atoms with Crippen molar-refractivity contribution in [1.29, 1.82) is 0 Å². The second-order valence-corrected chi connectivity index (χ2v) is 5.94. The van der Waals surface area contributed by atoms with Crippen LogP contribution in [0.2, 0.25) is 0 Å². The van der Waals surface area contributed by atoms with Crippen LogP contribution in [-0.2, 0) is 6.42 Å². The van der Waals surface area contributed by atoms with Crippen LogP contribution in [0.4, 0.5) is 0 Å². The highest BCUT2D eigenvalue weighted by Gasteiger charge is 2.24. The Morgan fingerprint density at radius 2 is 2.19 bits per heavy atom. The molecule has 0 spiro atoms. The number of rotatable bonds is 5. The zero-order chi connectivity index (χ0) is 15.6. The molecule has 2 aromatic rings. The van der Waals surface area contributed by atoms with Crippen LogP contribution in [0.15, 0.2) is 27.2 Å². The van der Waals surface area contributed by atoms with Gasteiger partial charge in [-0.15, -0.1) is 0 Å². The number of halogens is 1. The van der Waals surface area contributed by atoms with Crippen molar-refractivity contribution in [2.24, 2.45) is 5.92 Å². The number of hydrogen-bond donors (Lipinski definition) is 1. The van der Waals surface area contributed by atoms with Gasteiger partial charge in [-0.05, 0) is 40.0 Å². The Balaban J connectivity index is 2.51. The van der Waals surface area contributed by atoms with Crippen molar-refractivity contribution in [3.8, 4) is 17.0 Å². The van der Waals surface area contributed by atoms with Gasteiger partial charge in [-0.1, -0.05) is 19.0 Å². The summed E-state index contributed by atoms with van der Waals surface area (Å²) in [6.07, 6.45) is 0.534. The lowest BCUT2D eigenvalue weighted by atomic mass is 10.0. The molecule has 0 saturated heterocycles. The Hall–Kier alpha value is -1.82. The van der Waals surface area contributed by atoms with Gasteiger partial charge in [0.1, 0.15) is 17.0 Å². The highest BCUT2D eigenvalue weighted by atomic mass is 79.9. The number of aromatic carboxylic acids is 1. The quantitative estimate of drug-likeness (QED) is 0.878. The van der Waals surface area contributed by atoms with Crippen molar-refractivity contribution in [2.45, 2.75) is 20.3 Å². The van der Waals surface area contributed by atoms with Gasteiger partial charge in [0.15, 0.2) is 5.76 Å². The first-order chi connectivity index (χ1) is 9.93. The van der Waals surface area contributed by atoms with E-state index in [1.165, 1.54) is 0 Å². The predicted octanol–water partition coefficient (Wildman–Crippen LogP) is 4.01. The highest BCUT2D eigenvalue weighted by molar-refractivity contribution is 9.10. The molecule has 112 valence electrons. The van der Waals surface area contributed by atoms with Gasteiger partial charge in [0.2, 0.25) is 0 Å². The fourth-order valence-corrected chi connectivity index (χ4v) is 2.61. The number of benzene rings is 1. The molecule has 0 aliphatic rings. The Bertz CT molecular complexity index is 664. The molecule has 21 heavy (non-hydrogen) atoms. The summed E-state index contributed by atoms with van der Waals surface area (Å²) in [5.74, 6) is 0.321. The number of ether oxygens (including phenoxy) is 1. The second-order valence-electron chi connectivity index (χ2n) is 5.08. The van der Waals surface area contributed by atoms with Crippen molar-refractivity contribution in [3.05, 3.63) is 34.0 Å². The molecule has 6 heteroatoms. The van der Waals surface area contributed by atoms with Crippen LogP contribution in [0, 0.1) is 5.92 Å². The van der Waals surface area contributed by atoms with E-state index in [-0.39, 0.29) is 11.5 Å². The minimum Gasteiger partial charge on any atom is -0.496 e. The minimum atomic E-state index is -1.03. The maximum absolute atomic E-state index is 11.5. The summed E-state index contributed by atoms with van der Waals surface area (Å²) in [5.41, 5.74) is 1.13. The number of carboxylic acids is 1. The van der Waals surface area contributed by atoms with Gasteiger partial charge in [-0.25, -0.2) is 4.79 Å². The van der Waals surface area contributed by atoms with Crippen LogP contribution in [-0.4, -0.2) is 23.3 Å². The van der Waals surface area contributed by atoms with E-state index < -0.39 is 5.97 Å². The van der Waals surface area contributed by atoms with Crippen LogP contribution in [0.5, 0.6) is 5.75 Å². The average Bonchev–Trinajstić information content (AvgIpc) is 2.81. The third-order valence-electron chi connectivity index (χ3n) is 3.00. The van der Waals surface area contributed by atoms with E-state index in [1.54, 1.807) is 25.3 Å². The highest BCUT2D eigenvalue weighted by Crippen LogP contribution is 2.33. The fourth-order valence-electron chi connectivity index (χ4n) is 2.07. The molecule has 1 heterocycles. The summed E-state index contributed by atoms with van der Waals surface area (Å²) in [6, 6.07) is 5.27. The molecule has 0 aliphatic heterocycles. The number of carbonyl (C=O) groups is 1. The van der Waals surface area contributed by atoms with Crippen molar-refractivity contribution in [1.82, 2.24) is 5.16 Å². The van der Waals surface area contributed by atoms with Gasteiger partial charge < -0.3 is 14.4 Å². The molecule has 0 unspecified atom stereocenters. The molecule has 5 nitrogen and oxygen atoms in total. The molecule has 0 aliphatic carbocycles. The number of aromatic nitrogens is 1. The standard InChI is InChI=1S/C15H16BrNO4/c1-8(2)6-12-13(15(18)19)14(17-21-12)9-4-5-11(20-3)10(16)7-9/h4-5,7-8H,6H2,1-3H3,(H,18,19). The topological polar surface area (TPSA) is 72.6 Å². The Labute approximate surface area is 131 Å². The zero-order valence-electron chi connectivity index (χ0n) is 12.0. The Morgan fingerprint density at radius 1 is 1.48 bits per heavy atom. The van der Waals surface area contributed by atoms with Crippen molar-refractivity contribution < 1.29 is 19.2 Å². The zero-order valence-corrected chi connectivity index (χ0v) is 13.6. The Morgan fingerprint density at radius 3 is 2.71 bits per heavy atom. The van der Waals surface area contributed by atoms with Crippen LogP contribution in [0.3, 0.4) is 0 Å². The van der Waals surface area contributed by atoms with Gasteiger partial charge in [-0.2, -0.15) is 0 Å². The van der Waals surface area contributed by atoms with E-state index in [4.69, 9.17) is 9.26 Å². The molecule has 0 bridgehead atoms. The number of carboxylic acid groups (broad SMARTS) is 1. The second kappa shape index (κ2) is 6.30. The third-order valence-corrected chi connectivity index (χ3v) is 3.62. The SMILES string of the molecule is COc1ccc(-c2noc(CC(C)C)c2C(=O)O)cc1Br. The molecule has 1 N–H and O–H groups in total. The maximum atomic E-state index is 11.5. The van der Waals surface area contributed by atoms with E-state index in [0.717, 1.165) is 4.47 Å². The molecule has 2 rings (SSSR count). The number of hydrogen-bond acceptors (Lipinski definition) is 4. The fraction of sp³-hybridized carbons (Fsp3) is 0.333. The molecular formula is C15H16BrNO4. The predicted molar refractivity (Wildman–Crippen MR) is 81.7 cm³/mol. The first-order valence-electron chi connectivity index (χ1n) is 6.49. The van der Waals surface area contributed by atoms with Crippen molar-refractivity contribution in [3.63, 3.8) is 0 Å². The third kappa shape index (κ3) is 3.26. The summed E-state index contributed by atoms with van der Waals surface area (Å²) in [5, 5.41) is 13.4. The molecule has 0 atom stereocenters. The lowest BCUT2D eigenvalue weighted by molar-refractivity contribution is 0.0695. The van der Waals surface area contributed by atoms with Crippen molar-refractivity contribution >= 4 is 21.9 Å².